The number of anilines is 1. The van der Waals surface area contributed by atoms with Crippen molar-refractivity contribution in [1.82, 2.24) is 5.32 Å². The van der Waals surface area contributed by atoms with Crippen molar-refractivity contribution in [2.24, 2.45) is 0 Å². The van der Waals surface area contributed by atoms with Crippen molar-refractivity contribution in [3.8, 4) is 0 Å². The molecule has 1 unspecified atom stereocenters. The Morgan fingerprint density at radius 2 is 1.94 bits per heavy atom. The first-order valence-corrected chi connectivity index (χ1v) is 12.2. The lowest BCUT2D eigenvalue weighted by molar-refractivity contribution is -0.127. The minimum Gasteiger partial charge on any atom is -0.465 e. The summed E-state index contributed by atoms with van der Waals surface area (Å²) in [5.41, 5.74) is 0.713. The SMILES string of the molecule is COC(=O)c1cccc(N(C(=O)Cc2cccs2)C(C(=O)NC2CCCC2)c2ccc(C)o2)c1. The smallest absolute Gasteiger partial charge is 0.337 e. The zero-order valence-corrected chi connectivity index (χ0v) is 20.1. The van der Waals surface area contributed by atoms with Gasteiger partial charge in [-0.25, -0.2) is 4.79 Å². The molecule has 1 saturated carbocycles. The van der Waals surface area contributed by atoms with Crippen LogP contribution in [0.25, 0.3) is 0 Å². The standard InChI is InChI=1S/C26H28N2O5S/c1-17-12-13-22(33-17)24(25(30)27-19-8-3-4-9-19)28(23(29)16-21-11-6-14-34-21)20-10-5-7-18(15-20)26(31)32-2/h5-7,10-15,19,24H,3-4,8-9,16H2,1-2H3,(H,27,30). The average molecular weight is 481 g/mol. The summed E-state index contributed by atoms with van der Waals surface area (Å²) in [7, 11) is 1.30. The Balaban J connectivity index is 1.77. The number of amides is 2. The van der Waals surface area contributed by atoms with Gasteiger partial charge in [-0.3, -0.25) is 14.5 Å². The third-order valence-corrected chi connectivity index (χ3v) is 6.83. The number of hydrogen-bond acceptors (Lipinski definition) is 6. The lowest BCUT2D eigenvalue weighted by Gasteiger charge is -2.31. The third kappa shape index (κ3) is 5.39. The van der Waals surface area contributed by atoms with Gasteiger partial charge in [0.25, 0.3) is 5.91 Å². The maximum atomic E-state index is 13.7. The highest BCUT2D eigenvalue weighted by Gasteiger charge is 2.36. The first kappa shape index (κ1) is 23.8. The zero-order chi connectivity index (χ0) is 24.1. The summed E-state index contributed by atoms with van der Waals surface area (Å²) in [6.07, 6.45) is 4.08. The van der Waals surface area contributed by atoms with Crippen LogP contribution in [0.15, 0.2) is 58.3 Å². The molecule has 8 heteroatoms. The number of furan rings is 1. The number of benzene rings is 1. The van der Waals surface area contributed by atoms with Gasteiger partial charge in [-0.1, -0.05) is 25.0 Å². The third-order valence-electron chi connectivity index (χ3n) is 5.96. The Morgan fingerprint density at radius 1 is 1.15 bits per heavy atom. The minimum atomic E-state index is -1.02. The molecule has 3 aromatic rings. The van der Waals surface area contributed by atoms with E-state index in [-0.39, 0.29) is 24.3 Å². The number of hydrogen-bond donors (Lipinski definition) is 1. The van der Waals surface area contributed by atoms with Gasteiger partial charge in [0.2, 0.25) is 5.91 Å². The Morgan fingerprint density at radius 3 is 2.59 bits per heavy atom. The molecule has 0 saturated heterocycles. The van der Waals surface area contributed by atoms with Crippen molar-refractivity contribution >= 4 is 34.8 Å². The number of ether oxygens (including phenoxy) is 1. The second-order valence-electron chi connectivity index (χ2n) is 8.40. The molecule has 1 N–H and O–H groups in total. The van der Waals surface area contributed by atoms with Gasteiger partial charge in [-0.2, -0.15) is 0 Å². The van der Waals surface area contributed by atoms with Crippen LogP contribution in [0.2, 0.25) is 0 Å². The van der Waals surface area contributed by atoms with Crippen molar-refractivity contribution in [3.05, 3.63) is 75.9 Å². The van der Waals surface area contributed by atoms with Gasteiger partial charge in [0.05, 0.1) is 19.1 Å². The fraction of sp³-hybridized carbons (Fsp3) is 0.346. The normalized spacial score (nSPS) is 14.5. The summed E-state index contributed by atoms with van der Waals surface area (Å²) < 4.78 is 10.7. The zero-order valence-electron chi connectivity index (χ0n) is 19.3. The quantitative estimate of drug-likeness (QED) is 0.467. The van der Waals surface area contributed by atoms with E-state index in [4.69, 9.17) is 9.15 Å². The summed E-state index contributed by atoms with van der Waals surface area (Å²) in [5.74, 6) is -0.0821. The maximum Gasteiger partial charge on any atom is 0.337 e. The second-order valence-corrected chi connectivity index (χ2v) is 9.43. The Kier molecular flexibility index (Phi) is 7.47. The van der Waals surface area contributed by atoms with E-state index in [0.717, 1.165) is 30.6 Å². The van der Waals surface area contributed by atoms with Gasteiger partial charge in [0.1, 0.15) is 11.5 Å². The minimum absolute atomic E-state index is 0.0710. The van der Waals surface area contributed by atoms with E-state index in [0.29, 0.717) is 22.8 Å². The van der Waals surface area contributed by atoms with Gasteiger partial charge in [0, 0.05) is 16.6 Å². The molecule has 1 aliphatic carbocycles. The predicted octanol–water partition coefficient (Wildman–Crippen LogP) is 4.81. The molecule has 0 aliphatic heterocycles. The monoisotopic (exact) mass is 480 g/mol. The van der Waals surface area contributed by atoms with Crippen molar-refractivity contribution in [1.29, 1.82) is 0 Å². The highest BCUT2D eigenvalue weighted by atomic mass is 32.1. The van der Waals surface area contributed by atoms with E-state index in [1.807, 2.05) is 17.5 Å². The van der Waals surface area contributed by atoms with E-state index in [9.17, 15) is 14.4 Å². The van der Waals surface area contributed by atoms with E-state index >= 15 is 0 Å². The highest BCUT2D eigenvalue weighted by molar-refractivity contribution is 7.10. The first-order chi connectivity index (χ1) is 16.5. The van der Waals surface area contributed by atoms with Crippen molar-refractivity contribution in [2.75, 3.05) is 12.0 Å². The van der Waals surface area contributed by atoms with Gasteiger partial charge < -0.3 is 14.5 Å². The number of rotatable bonds is 8. The second kappa shape index (κ2) is 10.7. The van der Waals surface area contributed by atoms with Crippen LogP contribution in [0.1, 0.15) is 58.5 Å². The highest BCUT2D eigenvalue weighted by Crippen LogP contribution is 2.32. The average Bonchev–Trinajstić information content (AvgIpc) is 3.61. The van der Waals surface area contributed by atoms with Crippen LogP contribution in [0.3, 0.4) is 0 Å². The van der Waals surface area contributed by atoms with Crippen LogP contribution >= 0.6 is 11.3 Å². The number of methoxy groups -OCH3 is 1. The summed E-state index contributed by atoms with van der Waals surface area (Å²) in [4.78, 5) is 41.9. The molecule has 178 valence electrons. The maximum absolute atomic E-state index is 13.7. The molecule has 4 rings (SSSR count). The molecule has 34 heavy (non-hydrogen) atoms. The molecule has 0 radical (unpaired) electrons. The number of carbonyl (C=O) groups excluding carboxylic acids is 3. The fourth-order valence-corrected chi connectivity index (χ4v) is 5.01. The largest absolute Gasteiger partial charge is 0.465 e. The van der Waals surface area contributed by atoms with Crippen LogP contribution in [-0.2, 0) is 20.7 Å². The van der Waals surface area contributed by atoms with Gasteiger partial charge in [-0.15, -0.1) is 11.3 Å². The molecule has 2 aromatic heterocycles. The molecule has 1 atom stereocenters. The topological polar surface area (TPSA) is 88.8 Å². The van der Waals surface area contributed by atoms with Gasteiger partial charge in [-0.05, 0) is 61.5 Å². The molecule has 0 spiro atoms. The van der Waals surface area contributed by atoms with Crippen LogP contribution < -0.4 is 10.2 Å². The molecule has 2 heterocycles. The molecule has 1 fully saturated rings. The summed E-state index contributed by atoms with van der Waals surface area (Å²) in [6.45, 7) is 1.80. The Labute approximate surface area is 202 Å². The molecular formula is C26H28N2O5S. The van der Waals surface area contributed by atoms with Crippen molar-refractivity contribution in [3.63, 3.8) is 0 Å². The van der Waals surface area contributed by atoms with Crippen LogP contribution in [-0.4, -0.2) is 30.9 Å². The van der Waals surface area contributed by atoms with E-state index < -0.39 is 12.0 Å². The van der Waals surface area contributed by atoms with Crippen molar-refractivity contribution < 1.29 is 23.5 Å². The molecule has 2 amide bonds. The molecule has 7 nitrogen and oxygen atoms in total. The number of esters is 1. The van der Waals surface area contributed by atoms with Crippen LogP contribution in [0.4, 0.5) is 5.69 Å². The van der Waals surface area contributed by atoms with Gasteiger partial charge in [0.15, 0.2) is 6.04 Å². The Bertz CT molecular complexity index is 1150. The fourth-order valence-electron chi connectivity index (χ4n) is 4.31. The number of thiophene rings is 1. The molecule has 1 aromatic carbocycles. The van der Waals surface area contributed by atoms with Gasteiger partial charge >= 0.3 is 5.97 Å². The van der Waals surface area contributed by atoms with Crippen LogP contribution in [0, 0.1) is 6.92 Å². The van der Waals surface area contributed by atoms with E-state index in [2.05, 4.69) is 5.32 Å². The molecular weight excluding hydrogens is 452 g/mol. The van der Waals surface area contributed by atoms with Crippen molar-refractivity contribution in [2.45, 2.75) is 51.1 Å². The van der Waals surface area contributed by atoms with E-state index in [1.54, 1.807) is 43.3 Å². The number of nitrogens with zero attached hydrogens (tertiary/aromatic N) is 1. The van der Waals surface area contributed by atoms with Crippen LogP contribution in [0.5, 0.6) is 0 Å². The molecule has 1 aliphatic rings. The molecule has 0 bridgehead atoms. The van der Waals surface area contributed by atoms with E-state index in [1.165, 1.54) is 23.3 Å². The first-order valence-electron chi connectivity index (χ1n) is 11.4. The number of carbonyl (C=O) groups is 3. The predicted molar refractivity (Wildman–Crippen MR) is 130 cm³/mol. The lowest BCUT2D eigenvalue weighted by atomic mass is 10.1. The number of aryl methyl sites for hydroxylation is 1. The summed E-state index contributed by atoms with van der Waals surface area (Å²) >= 11 is 1.48. The summed E-state index contributed by atoms with van der Waals surface area (Å²) in [6, 6.07) is 12.9. The Hall–Kier alpha value is -3.39. The summed E-state index contributed by atoms with van der Waals surface area (Å²) in [5, 5.41) is 5.03. The number of nitrogens with one attached hydrogen (secondary N) is 1. The lowest BCUT2D eigenvalue weighted by Crippen LogP contribution is -2.46.